The SMILES string of the molecule is CN(CCOc1ccc(Br)cc1)Cc1cccs1. The Labute approximate surface area is 120 Å². The first-order valence-electron chi connectivity index (χ1n) is 5.83. The van der Waals surface area contributed by atoms with E-state index in [1.165, 1.54) is 4.88 Å². The minimum absolute atomic E-state index is 0.712. The predicted molar refractivity (Wildman–Crippen MR) is 80.3 cm³/mol. The van der Waals surface area contributed by atoms with Gasteiger partial charge in [0.1, 0.15) is 12.4 Å². The number of hydrogen-bond donors (Lipinski definition) is 0. The third-order valence-corrected chi connectivity index (χ3v) is 3.95. The molecule has 0 aliphatic rings. The molecular formula is C14H16BrNOS. The normalized spacial score (nSPS) is 10.8. The summed E-state index contributed by atoms with van der Waals surface area (Å²) >= 11 is 5.20. The van der Waals surface area contributed by atoms with Crippen molar-refractivity contribution in [3.05, 3.63) is 51.1 Å². The van der Waals surface area contributed by atoms with Crippen LogP contribution in [0.4, 0.5) is 0 Å². The molecule has 0 spiro atoms. The van der Waals surface area contributed by atoms with E-state index in [1.54, 1.807) is 11.3 Å². The van der Waals surface area contributed by atoms with Gasteiger partial charge in [-0.05, 0) is 42.8 Å². The number of rotatable bonds is 6. The molecule has 0 radical (unpaired) electrons. The fourth-order valence-corrected chi connectivity index (χ4v) is 2.65. The van der Waals surface area contributed by atoms with E-state index in [0.29, 0.717) is 6.61 Å². The Morgan fingerprint density at radius 1 is 1.22 bits per heavy atom. The van der Waals surface area contributed by atoms with Crippen molar-refractivity contribution in [3.8, 4) is 5.75 Å². The molecule has 0 aliphatic carbocycles. The zero-order chi connectivity index (χ0) is 12.8. The van der Waals surface area contributed by atoms with Crippen LogP contribution in [0.3, 0.4) is 0 Å². The Hall–Kier alpha value is -0.840. The third kappa shape index (κ3) is 4.44. The molecular weight excluding hydrogens is 310 g/mol. The molecule has 2 rings (SSSR count). The highest BCUT2D eigenvalue weighted by Crippen LogP contribution is 2.16. The van der Waals surface area contributed by atoms with Gasteiger partial charge in [0.2, 0.25) is 0 Å². The van der Waals surface area contributed by atoms with Gasteiger partial charge in [0.15, 0.2) is 0 Å². The Morgan fingerprint density at radius 3 is 2.67 bits per heavy atom. The van der Waals surface area contributed by atoms with Crippen LogP contribution in [0.15, 0.2) is 46.3 Å². The van der Waals surface area contributed by atoms with Crippen LogP contribution in [0.1, 0.15) is 4.88 Å². The first-order valence-corrected chi connectivity index (χ1v) is 7.50. The Kier molecular flexibility index (Phi) is 5.23. The molecule has 0 fully saturated rings. The number of benzene rings is 1. The van der Waals surface area contributed by atoms with Crippen LogP contribution in [-0.4, -0.2) is 25.1 Å². The van der Waals surface area contributed by atoms with Crippen molar-refractivity contribution in [2.24, 2.45) is 0 Å². The fraction of sp³-hybridized carbons (Fsp3) is 0.286. The number of thiophene rings is 1. The smallest absolute Gasteiger partial charge is 0.119 e. The van der Waals surface area contributed by atoms with Crippen LogP contribution in [0, 0.1) is 0 Å². The summed E-state index contributed by atoms with van der Waals surface area (Å²) in [5, 5.41) is 2.11. The summed E-state index contributed by atoms with van der Waals surface area (Å²) in [5.74, 6) is 0.919. The van der Waals surface area contributed by atoms with Gasteiger partial charge in [0.05, 0.1) is 0 Å². The van der Waals surface area contributed by atoms with Crippen LogP contribution in [0.2, 0.25) is 0 Å². The number of likely N-dealkylation sites (N-methyl/N-ethyl adjacent to an activating group) is 1. The molecule has 96 valence electrons. The first kappa shape index (κ1) is 13.6. The van der Waals surface area contributed by atoms with Gasteiger partial charge in [-0.25, -0.2) is 0 Å². The third-order valence-electron chi connectivity index (χ3n) is 2.56. The van der Waals surface area contributed by atoms with Crippen molar-refractivity contribution < 1.29 is 4.74 Å². The van der Waals surface area contributed by atoms with Crippen molar-refractivity contribution in [3.63, 3.8) is 0 Å². The molecule has 2 aromatic rings. The van der Waals surface area contributed by atoms with E-state index in [2.05, 4.69) is 45.4 Å². The van der Waals surface area contributed by atoms with E-state index in [-0.39, 0.29) is 0 Å². The molecule has 0 atom stereocenters. The number of hydrogen-bond acceptors (Lipinski definition) is 3. The van der Waals surface area contributed by atoms with Crippen molar-refractivity contribution in [2.75, 3.05) is 20.2 Å². The highest BCUT2D eigenvalue weighted by Gasteiger charge is 2.01. The molecule has 4 heteroatoms. The average Bonchev–Trinajstić information content (AvgIpc) is 2.84. The monoisotopic (exact) mass is 325 g/mol. The van der Waals surface area contributed by atoms with Crippen LogP contribution < -0.4 is 4.74 Å². The van der Waals surface area contributed by atoms with Crippen molar-refractivity contribution in [2.45, 2.75) is 6.54 Å². The largest absolute Gasteiger partial charge is 0.492 e. The van der Waals surface area contributed by atoms with Gasteiger partial charge < -0.3 is 4.74 Å². The second kappa shape index (κ2) is 6.92. The molecule has 1 aromatic heterocycles. The summed E-state index contributed by atoms with van der Waals surface area (Å²) in [7, 11) is 2.12. The molecule has 18 heavy (non-hydrogen) atoms. The summed E-state index contributed by atoms with van der Waals surface area (Å²) in [4.78, 5) is 3.66. The van der Waals surface area contributed by atoms with Gasteiger partial charge >= 0.3 is 0 Å². The number of ether oxygens (including phenoxy) is 1. The lowest BCUT2D eigenvalue weighted by atomic mass is 10.3. The van der Waals surface area contributed by atoms with Crippen molar-refractivity contribution in [1.82, 2.24) is 4.90 Å². The van der Waals surface area contributed by atoms with Crippen molar-refractivity contribution in [1.29, 1.82) is 0 Å². The van der Waals surface area contributed by atoms with Crippen LogP contribution in [0.5, 0.6) is 5.75 Å². The number of halogens is 1. The average molecular weight is 326 g/mol. The Morgan fingerprint density at radius 2 is 2.00 bits per heavy atom. The van der Waals surface area contributed by atoms with Gasteiger partial charge in [-0.2, -0.15) is 0 Å². The molecule has 0 saturated heterocycles. The van der Waals surface area contributed by atoms with Crippen LogP contribution in [-0.2, 0) is 6.54 Å². The second-order valence-electron chi connectivity index (χ2n) is 4.12. The van der Waals surface area contributed by atoms with E-state index in [0.717, 1.165) is 23.3 Å². The maximum absolute atomic E-state index is 5.69. The quantitative estimate of drug-likeness (QED) is 0.795. The maximum Gasteiger partial charge on any atom is 0.119 e. The highest BCUT2D eigenvalue weighted by molar-refractivity contribution is 9.10. The molecule has 0 amide bonds. The fourth-order valence-electron chi connectivity index (χ4n) is 1.60. The lowest BCUT2D eigenvalue weighted by molar-refractivity contribution is 0.234. The summed E-state index contributed by atoms with van der Waals surface area (Å²) in [6.07, 6.45) is 0. The topological polar surface area (TPSA) is 12.5 Å². The van der Waals surface area contributed by atoms with Crippen LogP contribution >= 0.6 is 27.3 Å². The van der Waals surface area contributed by atoms with E-state index < -0.39 is 0 Å². The Bertz CT molecular complexity index is 455. The lowest BCUT2D eigenvalue weighted by Gasteiger charge is -2.16. The maximum atomic E-state index is 5.69. The van der Waals surface area contributed by atoms with E-state index >= 15 is 0 Å². The van der Waals surface area contributed by atoms with Gasteiger partial charge in [-0.1, -0.05) is 22.0 Å². The van der Waals surface area contributed by atoms with E-state index in [4.69, 9.17) is 4.74 Å². The summed E-state index contributed by atoms with van der Waals surface area (Å²) in [5.41, 5.74) is 0. The van der Waals surface area contributed by atoms with E-state index in [1.807, 2.05) is 24.3 Å². The first-order chi connectivity index (χ1) is 8.74. The molecule has 0 unspecified atom stereocenters. The lowest BCUT2D eigenvalue weighted by Crippen LogP contribution is -2.23. The van der Waals surface area contributed by atoms with Crippen LogP contribution in [0.25, 0.3) is 0 Å². The number of nitrogens with zero attached hydrogens (tertiary/aromatic N) is 1. The van der Waals surface area contributed by atoms with Gasteiger partial charge in [0.25, 0.3) is 0 Å². The highest BCUT2D eigenvalue weighted by atomic mass is 79.9. The zero-order valence-corrected chi connectivity index (χ0v) is 12.7. The van der Waals surface area contributed by atoms with Gasteiger partial charge in [0, 0.05) is 22.4 Å². The van der Waals surface area contributed by atoms with Gasteiger partial charge in [-0.15, -0.1) is 11.3 Å². The summed E-state index contributed by atoms with van der Waals surface area (Å²) in [6.45, 7) is 2.62. The molecule has 2 nitrogen and oxygen atoms in total. The molecule has 0 saturated carbocycles. The van der Waals surface area contributed by atoms with Crippen molar-refractivity contribution >= 4 is 27.3 Å². The van der Waals surface area contributed by atoms with Gasteiger partial charge in [-0.3, -0.25) is 4.90 Å². The van der Waals surface area contributed by atoms with E-state index in [9.17, 15) is 0 Å². The summed E-state index contributed by atoms with van der Waals surface area (Å²) in [6, 6.07) is 12.2. The molecule has 1 aromatic carbocycles. The Balaban J connectivity index is 1.70. The molecule has 1 heterocycles. The summed E-state index contributed by atoms with van der Waals surface area (Å²) < 4.78 is 6.77. The predicted octanol–water partition coefficient (Wildman–Crippen LogP) is 4.02. The minimum Gasteiger partial charge on any atom is -0.492 e. The molecule has 0 aliphatic heterocycles. The minimum atomic E-state index is 0.712. The second-order valence-corrected chi connectivity index (χ2v) is 6.07. The standard InChI is InChI=1S/C14H16BrNOS/c1-16(11-14-3-2-10-18-14)8-9-17-13-6-4-12(15)5-7-13/h2-7,10H,8-9,11H2,1H3. The zero-order valence-electron chi connectivity index (χ0n) is 10.3. The molecule has 0 bridgehead atoms. The molecule has 0 N–H and O–H groups in total.